The molecule has 1 aromatic carbocycles. The molecule has 0 radical (unpaired) electrons. The van der Waals surface area contributed by atoms with E-state index in [0.717, 1.165) is 18.9 Å². The molecule has 0 aliphatic carbocycles. The van der Waals surface area contributed by atoms with Crippen LogP contribution >= 0.6 is 0 Å². The summed E-state index contributed by atoms with van der Waals surface area (Å²) in [5.74, 6) is -1.55. The molecule has 5 heteroatoms. The molecular weight excluding hydrogens is 222 g/mol. The minimum Gasteiger partial charge on any atom is -0.506 e. The van der Waals surface area contributed by atoms with E-state index in [0.29, 0.717) is 6.42 Å². The number of hydrogen-bond donors (Lipinski definition) is 3. The van der Waals surface area contributed by atoms with Crippen molar-refractivity contribution in [2.45, 2.75) is 26.2 Å². The summed E-state index contributed by atoms with van der Waals surface area (Å²) in [5.41, 5.74) is 0.213. The Morgan fingerprint density at radius 1 is 1.35 bits per heavy atom. The predicted octanol–water partition coefficient (Wildman–Crippen LogP) is 2.22. The van der Waals surface area contributed by atoms with Gasteiger partial charge in [-0.3, -0.25) is 4.79 Å². The number of carboxylic acid groups (broad SMARTS) is 1. The largest absolute Gasteiger partial charge is 0.506 e. The van der Waals surface area contributed by atoms with Crippen LogP contribution in [0.3, 0.4) is 0 Å². The van der Waals surface area contributed by atoms with Gasteiger partial charge in [0.1, 0.15) is 5.75 Å². The zero-order valence-corrected chi connectivity index (χ0v) is 9.56. The molecule has 0 bridgehead atoms. The topological polar surface area (TPSA) is 86.6 Å². The second-order valence-corrected chi connectivity index (χ2v) is 3.69. The molecule has 0 aliphatic heterocycles. The van der Waals surface area contributed by atoms with Crippen molar-refractivity contribution in [1.82, 2.24) is 0 Å². The average Bonchev–Trinajstić information content (AvgIpc) is 2.28. The molecule has 0 aromatic heterocycles. The standard InChI is InChI=1S/C12H15NO4/c1-2-3-4-11(15)13-9-6-5-8(12(16)17)7-10(9)14/h5-7,14H,2-4H2,1H3,(H,13,15)(H,16,17). The molecule has 0 atom stereocenters. The van der Waals surface area contributed by atoms with Gasteiger partial charge in [0.25, 0.3) is 0 Å². The van der Waals surface area contributed by atoms with Crippen molar-refractivity contribution in [3.8, 4) is 5.75 Å². The van der Waals surface area contributed by atoms with Crippen LogP contribution in [0, 0.1) is 0 Å². The maximum absolute atomic E-state index is 11.4. The highest BCUT2D eigenvalue weighted by Crippen LogP contribution is 2.24. The van der Waals surface area contributed by atoms with Gasteiger partial charge in [-0.05, 0) is 24.6 Å². The number of aromatic carboxylic acids is 1. The molecule has 92 valence electrons. The normalized spacial score (nSPS) is 9.94. The van der Waals surface area contributed by atoms with Crippen LogP contribution in [0.1, 0.15) is 36.5 Å². The SMILES string of the molecule is CCCCC(=O)Nc1ccc(C(=O)O)cc1O. The van der Waals surface area contributed by atoms with Crippen molar-refractivity contribution in [2.75, 3.05) is 5.32 Å². The van der Waals surface area contributed by atoms with Crippen molar-refractivity contribution < 1.29 is 19.8 Å². The van der Waals surface area contributed by atoms with Crippen LogP contribution in [0.2, 0.25) is 0 Å². The molecule has 17 heavy (non-hydrogen) atoms. The molecule has 1 amide bonds. The van der Waals surface area contributed by atoms with Crippen molar-refractivity contribution in [3.63, 3.8) is 0 Å². The number of nitrogens with one attached hydrogen (secondary N) is 1. The highest BCUT2D eigenvalue weighted by atomic mass is 16.4. The Balaban J connectivity index is 2.72. The number of unbranched alkanes of at least 4 members (excludes halogenated alkanes) is 1. The predicted molar refractivity (Wildman–Crippen MR) is 63.2 cm³/mol. The first-order chi connectivity index (χ1) is 8.04. The molecule has 0 unspecified atom stereocenters. The molecular formula is C12H15NO4. The number of hydrogen-bond acceptors (Lipinski definition) is 3. The number of benzene rings is 1. The fraction of sp³-hybridized carbons (Fsp3) is 0.333. The van der Waals surface area contributed by atoms with Gasteiger partial charge in [0.05, 0.1) is 11.3 Å². The maximum atomic E-state index is 11.4. The number of aromatic hydroxyl groups is 1. The Morgan fingerprint density at radius 2 is 2.06 bits per heavy atom. The molecule has 1 aromatic rings. The van der Waals surface area contributed by atoms with Crippen molar-refractivity contribution in [1.29, 1.82) is 0 Å². The van der Waals surface area contributed by atoms with Gasteiger partial charge < -0.3 is 15.5 Å². The van der Waals surface area contributed by atoms with Crippen molar-refractivity contribution in [2.24, 2.45) is 0 Å². The van der Waals surface area contributed by atoms with Crippen LogP contribution in [-0.2, 0) is 4.79 Å². The Hall–Kier alpha value is -2.04. The molecule has 3 N–H and O–H groups in total. The van der Waals surface area contributed by atoms with Crippen molar-refractivity contribution >= 4 is 17.6 Å². The first-order valence-electron chi connectivity index (χ1n) is 5.40. The number of anilines is 1. The maximum Gasteiger partial charge on any atom is 0.335 e. The van der Waals surface area contributed by atoms with Gasteiger partial charge in [-0.2, -0.15) is 0 Å². The number of carbonyl (C=O) groups is 2. The van der Waals surface area contributed by atoms with E-state index in [-0.39, 0.29) is 22.9 Å². The number of carboxylic acids is 1. The zero-order valence-electron chi connectivity index (χ0n) is 9.56. The molecule has 5 nitrogen and oxygen atoms in total. The van der Waals surface area contributed by atoms with E-state index in [4.69, 9.17) is 5.11 Å². The van der Waals surface area contributed by atoms with Gasteiger partial charge in [-0.25, -0.2) is 4.79 Å². The summed E-state index contributed by atoms with van der Waals surface area (Å²) >= 11 is 0. The first kappa shape index (κ1) is 13.0. The van der Waals surface area contributed by atoms with Crippen LogP contribution in [0.5, 0.6) is 5.75 Å². The summed E-state index contributed by atoms with van der Waals surface area (Å²) in [6.45, 7) is 1.98. The fourth-order valence-corrected chi connectivity index (χ4v) is 1.32. The summed E-state index contributed by atoms with van der Waals surface area (Å²) in [6, 6.07) is 3.82. The minimum atomic E-state index is -1.12. The van der Waals surface area contributed by atoms with Crippen LogP contribution in [0.15, 0.2) is 18.2 Å². The molecule has 0 spiro atoms. The van der Waals surface area contributed by atoms with Crippen LogP contribution in [-0.4, -0.2) is 22.1 Å². The van der Waals surface area contributed by atoms with E-state index in [1.165, 1.54) is 12.1 Å². The van der Waals surface area contributed by atoms with Crippen LogP contribution in [0.4, 0.5) is 5.69 Å². The Morgan fingerprint density at radius 3 is 2.59 bits per heavy atom. The number of carbonyl (C=O) groups excluding carboxylic acids is 1. The average molecular weight is 237 g/mol. The Kier molecular flexibility index (Phi) is 4.51. The van der Waals surface area contributed by atoms with Gasteiger partial charge in [0.15, 0.2) is 0 Å². The van der Waals surface area contributed by atoms with E-state index in [1.807, 2.05) is 6.92 Å². The smallest absolute Gasteiger partial charge is 0.335 e. The van der Waals surface area contributed by atoms with Gasteiger partial charge in [-0.15, -0.1) is 0 Å². The number of phenols is 1. The molecule has 0 saturated heterocycles. The quantitative estimate of drug-likeness (QED) is 0.685. The van der Waals surface area contributed by atoms with E-state index in [2.05, 4.69) is 5.32 Å². The van der Waals surface area contributed by atoms with E-state index >= 15 is 0 Å². The summed E-state index contributed by atoms with van der Waals surface area (Å²) < 4.78 is 0. The highest BCUT2D eigenvalue weighted by molar-refractivity contribution is 5.94. The minimum absolute atomic E-state index is 0.0194. The molecule has 1 rings (SSSR count). The van der Waals surface area contributed by atoms with Crippen LogP contribution in [0.25, 0.3) is 0 Å². The van der Waals surface area contributed by atoms with E-state index in [9.17, 15) is 14.7 Å². The van der Waals surface area contributed by atoms with Gasteiger partial charge in [0.2, 0.25) is 5.91 Å². The number of amides is 1. The zero-order chi connectivity index (χ0) is 12.8. The fourth-order valence-electron chi connectivity index (χ4n) is 1.32. The Bertz CT molecular complexity index is 429. The lowest BCUT2D eigenvalue weighted by atomic mass is 10.2. The lowest BCUT2D eigenvalue weighted by Crippen LogP contribution is -2.11. The monoisotopic (exact) mass is 237 g/mol. The lowest BCUT2D eigenvalue weighted by molar-refractivity contribution is -0.116. The number of rotatable bonds is 5. The molecule has 0 fully saturated rings. The summed E-state index contributed by atoms with van der Waals surface area (Å²) in [5, 5.41) is 20.8. The third kappa shape index (κ3) is 3.79. The summed E-state index contributed by atoms with van der Waals surface area (Å²) in [6.07, 6.45) is 2.08. The van der Waals surface area contributed by atoms with Gasteiger partial charge >= 0.3 is 5.97 Å². The number of phenolic OH excluding ortho intramolecular Hbond substituents is 1. The molecule has 0 aliphatic rings. The van der Waals surface area contributed by atoms with Gasteiger partial charge in [-0.1, -0.05) is 13.3 Å². The second-order valence-electron chi connectivity index (χ2n) is 3.69. The highest BCUT2D eigenvalue weighted by Gasteiger charge is 2.09. The van der Waals surface area contributed by atoms with E-state index in [1.54, 1.807) is 0 Å². The Labute approximate surface area is 99.1 Å². The molecule has 0 saturated carbocycles. The van der Waals surface area contributed by atoms with Gasteiger partial charge in [0, 0.05) is 6.42 Å². The van der Waals surface area contributed by atoms with Crippen LogP contribution < -0.4 is 5.32 Å². The third-order valence-corrected chi connectivity index (χ3v) is 2.28. The lowest BCUT2D eigenvalue weighted by Gasteiger charge is -2.07. The van der Waals surface area contributed by atoms with E-state index < -0.39 is 5.97 Å². The van der Waals surface area contributed by atoms with Crippen molar-refractivity contribution in [3.05, 3.63) is 23.8 Å². The third-order valence-electron chi connectivity index (χ3n) is 2.28. The molecule has 0 heterocycles. The second kappa shape index (κ2) is 5.89. The summed E-state index contributed by atoms with van der Waals surface area (Å²) in [4.78, 5) is 22.0. The summed E-state index contributed by atoms with van der Waals surface area (Å²) in [7, 11) is 0. The first-order valence-corrected chi connectivity index (χ1v) is 5.40.